The Kier molecular flexibility index (Phi) is 6.27. The second-order valence-electron chi connectivity index (χ2n) is 5.81. The molecule has 1 rings (SSSR count). The standard InChI is InChI=1S/C15H23N3O4/c1-6-7-8-22-14(20)17-10-9-16-13(15(2,3)4)18-11(10)12(19)21-5/h9H,6-8H2,1-5H3,(H,17,20). The van der Waals surface area contributed by atoms with Gasteiger partial charge in [-0.3, -0.25) is 5.32 Å². The zero-order valence-corrected chi connectivity index (χ0v) is 13.7. The number of nitrogens with zero attached hydrogens (tertiary/aromatic N) is 2. The molecule has 1 heterocycles. The van der Waals surface area contributed by atoms with Crippen molar-refractivity contribution in [3.05, 3.63) is 17.7 Å². The number of unbranched alkanes of at least 4 members (excludes halogenated alkanes) is 1. The molecule has 0 saturated heterocycles. The highest BCUT2D eigenvalue weighted by atomic mass is 16.5. The predicted octanol–water partition coefficient (Wildman–Crippen LogP) is 2.91. The van der Waals surface area contributed by atoms with Crippen LogP contribution in [-0.2, 0) is 14.9 Å². The number of carbonyl (C=O) groups is 2. The van der Waals surface area contributed by atoms with Crippen molar-refractivity contribution in [3.8, 4) is 0 Å². The van der Waals surface area contributed by atoms with Gasteiger partial charge in [0.1, 0.15) is 5.82 Å². The number of methoxy groups -OCH3 is 1. The lowest BCUT2D eigenvalue weighted by atomic mass is 9.95. The molecule has 0 spiro atoms. The maximum absolute atomic E-state index is 11.9. The lowest BCUT2D eigenvalue weighted by Gasteiger charge is -2.18. The van der Waals surface area contributed by atoms with Crippen molar-refractivity contribution >= 4 is 17.7 Å². The Morgan fingerprint density at radius 1 is 1.32 bits per heavy atom. The Bertz CT molecular complexity index is 538. The Balaban J connectivity index is 2.98. The van der Waals surface area contributed by atoms with E-state index in [1.807, 2.05) is 27.7 Å². The van der Waals surface area contributed by atoms with E-state index in [0.717, 1.165) is 12.8 Å². The average Bonchev–Trinajstić information content (AvgIpc) is 2.46. The number of hydrogen-bond acceptors (Lipinski definition) is 6. The molecule has 0 aromatic carbocycles. The van der Waals surface area contributed by atoms with Crippen molar-refractivity contribution < 1.29 is 19.1 Å². The van der Waals surface area contributed by atoms with Crippen molar-refractivity contribution in [2.45, 2.75) is 46.0 Å². The number of aromatic nitrogens is 2. The van der Waals surface area contributed by atoms with Crippen LogP contribution in [0.25, 0.3) is 0 Å². The topological polar surface area (TPSA) is 90.4 Å². The second kappa shape index (κ2) is 7.72. The fraction of sp³-hybridized carbons (Fsp3) is 0.600. The number of amides is 1. The molecule has 7 heteroatoms. The summed E-state index contributed by atoms with van der Waals surface area (Å²) >= 11 is 0. The Labute approximate surface area is 130 Å². The molecule has 1 aromatic rings. The molecular formula is C15H23N3O4. The van der Waals surface area contributed by atoms with E-state index in [-0.39, 0.29) is 16.8 Å². The third kappa shape index (κ3) is 4.98. The number of esters is 1. The number of rotatable bonds is 5. The van der Waals surface area contributed by atoms with Crippen molar-refractivity contribution in [2.75, 3.05) is 19.0 Å². The van der Waals surface area contributed by atoms with Crippen LogP contribution in [0.4, 0.5) is 10.5 Å². The summed E-state index contributed by atoms with van der Waals surface area (Å²) in [6, 6.07) is 0. The maximum Gasteiger partial charge on any atom is 0.411 e. The maximum atomic E-state index is 11.9. The molecule has 0 bridgehead atoms. The molecule has 0 aliphatic heterocycles. The normalized spacial score (nSPS) is 11.0. The quantitative estimate of drug-likeness (QED) is 0.664. The Morgan fingerprint density at radius 3 is 2.55 bits per heavy atom. The molecule has 0 fully saturated rings. The van der Waals surface area contributed by atoms with Gasteiger partial charge in [0, 0.05) is 5.41 Å². The van der Waals surface area contributed by atoms with Crippen molar-refractivity contribution in [1.82, 2.24) is 9.97 Å². The lowest BCUT2D eigenvalue weighted by molar-refractivity contribution is 0.0594. The first-order valence-electron chi connectivity index (χ1n) is 7.19. The molecule has 0 aliphatic rings. The summed E-state index contributed by atoms with van der Waals surface area (Å²) in [7, 11) is 1.25. The van der Waals surface area contributed by atoms with Gasteiger partial charge < -0.3 is 9.47 Å². The van der Waals surface area contributed by atoms with Gasteiger partial charge in [0.25, 0.3) is 0 Å². The van der Waals surface area contributed by atoms with E-state index >= 15 is 0 Å². The molecule has 1 aromatic heterocycles. The van der Waals surface area contributed by atoms with Crippen LogP contribution in [0.15, 0.2) is 6.20 Å². The van der Waals surface area contributed by atoms with Gasteiger partial charge in [0.2, 0.25) is 0 Å². The molecular weight excluding hydrogens is 286 g/mol. The highest BCUT2D eigenvalue weighted by molar-refractivity contribution is 5.97. The summed E-state index contributed by atoms with van der Waals surface area (Å²) in [5.74, 6) is -0.158. The first-order chi connectivity index (χ1) is 10.3. The minimum absolute atomic E-state index is 0.00914. The molecule has 22 heavy (non-hydrogen) atoms. The predicted molar refractivity (Wildman–Crippen MR) is 82.0 cm³/mol. The van der Waals surface area contributed by atoms with Crippen LogP contribution in [0.3, 0.4) is 0 Å². The van der Waals surface area contributed by atoms with Crippen LogP contribution in [-0.4, -0.2) is 35.7 Å². The minimum Gasteiger partial charge on any atom is -0.464 e. The van der Waals surface area contributed by atoms with Gasteiger partial charge in [-0.2, -0.15) is 0 Å². The van der Waals surface area contributed by atoms with Gasteiger partial charge in [-0.05, 0) is 6.42 Å². The summed E-state index contributed by atoms with van der Waals surface area (Å²) < 4.78 is 9.70. The summed E-state index contributed by atoms with van der Waals surface area (Å²) in [6.07, 6.45) is 2.44. The van der Waals surface area contributed by atoms with Crippen LogP contribution >= 0.6 is 0 Å². The molecule has 0 radical (unpaired) electrons. The summed E-state index contributed by atoms with van der Waals surface area (Å²) in [5, 5.41) is 2.48. The highest BCUT2D eigenvalue weighted by Gasteiger charge is 2.23. The molecule has 7 nitrogen and oxygen atoms in total. The molecule has 0 unspecified atom stereocenters. The van der Waals surface area contributed by atoms with Gasteiger partial charge >= 0.3 is 12.1 Å². The zero-order valence-electron chi connectivity index (χ0n) is 13.7. The SMILES string of the molecule is CCCCOC(=O)Nc1cnc(C(C)(C)C)nc1C(=O)OC. The van der Waals surface area contributed by atoms with Crippen LogP contribution in [0.2, 0.25) is 0 Å². The Hall–Kier alpha value is -2.18. The van der Waals surface area contributed by atoms with Crippen molar-refractivity contribution in [3.63, 3.8) is 0 Å². The summed E-state index contributed by atoms with van der Waals surface area (Å²) in [5.41, 5.74) is -0.153. The molecule has 0 atom stereocenters. The van der Waals surface area contributed by atoms with Crippen molar-refractivity contribution in [2.24, 2.45) is 0 Å². The molecule has 1 N–H and O–H groups in total. The summed E-state index contributed by atoms with van der Waals surface area (Å²) in [6.45, 7) is 8.09. The van der Waals surface area contributed by atoms with Gasteiger partial charge in [0.05, 0.1) is 25.6 Å². The average molecular weight is 309 g/mol. The second-order valence-corrected chi connectivity index (χ2v) is 5.81. The Morgan fingerprint density at radius 2 is 2.00 bits per heavy atom. The number of hydrogen-bond donors (Lipinski definition) is 1. The van der Waals surface area contributed by atoms with E-state index in [1.165, 1.54) is 13.3 Å². The number of anilines is 1. The van der Waals surface area contributed by atoms with E-state index in [9.17, 15) is 9.59 Å². The number of ether oxygens (including phenoxy) is 2. The monoisotopic (exact) mass is 309 g/mol. The van der Waals surface area contributed by atoms with Gasteiger partial charge in [-0.15, -0.1) is 0 Å². The molecule has 0 aliphatic carbocycles. The van der Waals surface area contributed by atoms with E-state index in [4.69, 9.17) is 9.47 Å². The molecule has 122 valence electrons. The molecule has 0 saturated carbocycles. The fourth-order valence-corrected chi connectivity index (χ4v) is 1.54. The largest absolute Gasteiger partial charge is 0.464 e. The van der Waals surface area contributed by atoms with Crippen LogP contribution < -0.4 is 5.32 Å². The van der Waals surface area contributed by atoms with Gasteiger partial charge in [-0.25, -0.2) is 19.6 Å². The molecule has 1 amide bonds. The van der Waals surface area contributed by atoms with Crippen molar-refractivity contribution in [1.29, 1.82) is 0 Å². The zero-order chi connectivity index (χ0) is 16.8. The van der Waals surface area contributed by atoms with E-state index < -0.39 is 12.1 Å². The van der Waals surface area contributed by atoms with Crippen LogP contribution in [0.1, 0.15) is 56.8 Å². The third-order valence-corrected chi connectivity index (χ3v) is 2.81. The number of carbonyl (C=O) groups excluding carboxylic acids is 2. The fourth-order valence-electron chi connectivity index (χ4n) is 1.54. The number of nitrogens with one attached hydrogen (secondary N) is 1. The minimum atomic E-state index is -0.647. The first kappa shape index (κ1) is 17.9. The van der Waals surface area contributed by atoms with E-state index in [1.54, 1.807) is 0 Å². The third-order valence-electron chi connectivity index (χ3n) is 2.81. The lowest BCUT2D eigenvalue weighted by Crippen LogP contribution is -2.22. The van der Waals surface area contributed by atoms with Gasteiger partial charge in [-0.1, -0.05) is 34.1 Å². The van der Waals surface area contributed by atoms with E-state index in [0.29, 0.717) is 12.4 Å². The van der Waals surface area contributed by atoms with Gasteiger partial charge in [0.15, 0.2) is 5.69 Å². The smallest absolute Gasteiger partial charge is 0.411 e. The van der Waals surface area contributed by atoms with Crippen LogP contribution in [0.5, 0.6) is 0 Å². The van der Waals surface area contributed by atoms with Crippen LogP contribution in [0, 0.1) is 0 Å². The summed E-state index contributed by atoms with van der Waals surface area (Å²) in [4.78, 5) is 31.9. The van der Waals surface area contributed by atoms with E-state index in [2.05, 4.69) is 15.3 Å². The first-order valence-corrected chi connectivity index (χ1v) is 7.19. The highest BCUT2D eigenvalue weighted by Crippen LogP contribution is 2.21.